The Hall–Kier alpha value is -2.08. The van der Waals surface area contributed by atoms with Gasteiger partial charge in [0.25, 0.3) is 0 Å². The molecule has 0 aromatic heterocycles. The predicted octanol–water partition coefficient (Wildman–Crippen LogP) is 0.907. The van der Waals surface area contributed by atoms with E-state index in [1.807, 2.05) is 36.1 Å². The van der Waals surface area contributed by atoms with Crippen molar-refractivity contribution in [1.29, 1.82) is 0 Å². The minimum absolute atomic E-state index is 0.0405. The van der Waals surface area contributed by atoms with Crippen molar-refractivity contribution in [2.45, 2.75) is 13.5 Å². The van der Waals surface area contributed by atoms with Crippen molar-refractivity contribution in [1.82, 2.24) is 15.1 Å². The van der Waals surface area contributed by atoms with Crippen molar-refractivity contribution >= 4 is 12.0 Å². The molecule has 0 radical (unpaired) electrons. The van der Waals surface area contributed by atoms with Gasteiger partial charge in [-0.3, -0.25) is 9.69 Å². The maximum absolute atomic E-state index is 12.0. The number of carboxylic acids is 1. The SMILES string of the molecule is Cc1ccc(CNC(=O)N2CCN(CC(=O)O)CC2)cc1. The van der Waals surface area contributed by atoms with Gasteiger partial charge in [0.2, 0.25) is 0 Å². The minimum Gasteiger partial charge on any atom is -0.480 e. The minimum atomic E-state index is -0.827. The monoisotopic (exact) mass is 291 g/mol. The number of benzene rings is 1. The van der Waals surface area contributed by atoms with Gasteiger partial charge in [0, 0.05) is 32.7 Å². The third-order valence-corrected chi connectivity index (χ3v) is 3.58. The molecule has 2 rings (SSSR count). The molecule has 0 saturated carbocycles. The Balaban J connectivity index is 1.74. The number of nitrogens with one attached hydrogen (secondary N) is 1. The molecule has 0 bridgehead atoms. The molecule has 1 aliphatic rings. The molecule has 21 heavy (non-hydrogen) atoms. The van der Waals surface area contributed by atoms with E-state index >= 15 is 0 Å². The fourth-order valence-corrected chi connectivity index (χ4v) is 2.30. The average Bonchev–Trinajstić information content (AvgIpc) is 2.46. The van der Waals surface area contributed by atoms with E-state index < -0.39 is 5.97 Å². The van der Waals surface area contributed by atoms with Crippen LogP contribution in [0.15, 0.2) is 24.3 Å². The highest BCUT2D eigenvalue weighted by Gasteiger charge is 2.21. The summed E-state index contributed by atoms with van der Waals surface area (Å²) in [4.78, 5) is 26.2. The largest absolute Gasteiger partial charge is 0.480 e. The molecule has 2 N–H and O–H groups in total. The second kappa shape index (κ2) is 7.08. The number of carbonyl (C=O) groups is 2. The molecule has 0 unspecified atom stereocenters. The lowest BCUT2D eigenvalue weighted by Crippen LogP contribution is -2.52. The number of hydrogen-bond donors (Lipinski definition) is 2. The van der Waals surface area contributed by atoms with Crippen LogP contribution >= 0.6 is 0 Å². The second-order valence-electron chi connectivity index (χ2n) is 5.30. The van der Waals surface area contributed by atoms with Crippen LogP contribution in [0.3, 0.4) is 0 Å². The van der Waals surface area contributed by atoms with E-state index in [4.69, 9.17) is 5.11 Å². The predicted molar refractivity (Wildman–Crippen MR) is 79.1 cm³/mol. The first-order valence-electron chi connectivity index (χ1n) is 7.07. The van der Waals surface area contributed by atoms with Crippen LogP contribution in [0.25, 0.3) is 0 Å². The summed E-state index contributed by atoms with van der Waals surface area (Å²) in [5.74, 6) is -0.827. The summed E-state index contributed by atoms with van der Waals surface area (Å²) in [6, 6.07) is 7.95. The summed E-state index contributed by atoms with van der Waals surface area (Å²) in [5, 5.41) is 11.6. The molecule has 114 valence electrons. The zero-order chi connectivity index (χ0) is 15.2. The maximum atomic E-state index is 12.0. The van der Waals surface area contributed by atoms with Gasteiger partial charge < -0.3 is 15.3 Å². The van der Waals surface area contributed by atoms with Crippen LogP contribution in [-0.4, -0.2) is 59.6 Å². The Kier molecular flexibility index (Phi) is 5.16. The Labute approximate surface area is 124 Å². The normalized spacial score (nSPS) is 15.8. The Morgan fingerprint density at radius 1 is 1.14 bits per heavy atom. The fourth-order valence-electron chi connectivity index (χ4n) is 2.30. The van der Waals surface area contributed by atoms with Crippen molar-refractivity contribution in [2.75, 3.05) is 32.7 Å². The molecule has 1 aromatic rings. The van der Waals surface area contributed by atoms with Crippen LogP contribution in [0.2, 0.25) is 0 Å². The molecule has 1 heterocycles. The van der Waals surface area contributed by atoms with E-state index in [1.165, 1.54) is 5.56 Å². The van der Waals surface area contributed by atoms with Crippen molar-refractivity contribution in [2.24, 2.45) is 0 Å². The summed E-state index contributed by atoms with van der Waals surface area (Å²) in [7, 11) is 0. The van der Waals surface area contributed by atoms with Crippen LogP contribution in [0.4, 0.5) is 4.79 Å². The molecular weight excluding hydrogens is 270 g/mol. The third kappa shape index (κ3) is 4.75. The van der Waals surface area contributed by atoms with Crippen LogP contribution in [-0.2, 0) is 11.3 Å². The van der Waals surface area contributed by atoms with E-state index in [9.17, 15) is 9.59 Å². The molecule has 6 heteroatoms. The molecule has 1 aromatic carbocycles. The number of urea groups is 1. The molecule has 2 amide bonds. The number of aliphatic carboxylic acids is 1. The average molecular weight is 291 g/mol. The van der Waals surface area contributed by atoms with Gasteiger partial charge in [0.1, 0.15) is 0 Å². The van der Waals surface area contributed by atoms with Gasteiger partial charge in [-0.05, 0) is 12.5 Å². The van der Waals surface area contributed by atoms with E-state index in [0.717, 1.165) is 5.56 Å². The summed E-state index contributed by atoms with van der Waals surface area (Å²) >= 11 is 0. The first-order valence-corrected chi connectivity index (χ1v) is 7.07. The van der Waals surface area contributed by atoms with E-state index in [2.05, 4.69) is 5.32 Å². The van der Waals surface area contributed by atoms with Gasteiger partial charge in [-0.25, -0.2) is 4.79 Å². The van der Waals surface area contributed by atoms with Crippen LogP contribution in [0.5, 0.6) is 0 Å². The number of hydrogen-bond acceptors (Lipinski definition) is 3. The highest BCUT2D eigenvalue weighted by molar-refractivity contribution is 5.74. The van der Waals surface area contributed by atoms with E-state index in [0.29, 0.717) is 32.7 Å². The zero-order valence-electron chi connectivity index (χ0n) is 12.2. The first kappa shape index (κ1) is 15.3. The van der Waals surface area contributed by atoms with Crippen molar-refractivity contribution in [3.05, 3.63) is 35.4 Å². The van der Waals surface area contributed by atoms with Crippen LogP contribution in [0.1, 0.15) is 11.1 Å². The number of amides is 2. The number of piperazine rings is 1. The summed E-state index contributed by atoms with van der Waals surface area (Å²) < 4.78 is 0. The van der Waals surface area contributed by atoms with Gasteiger partial charge in [-0.15, -0.1) is 0 Å². The quantitative estimate of drug-likeness (QED) is 0.865. The van der Waals surface area contributed by atoms with Gasteiger partial charge in [0.15, 0.2) is 0 Å². The summed E-state index contributed by atoms with van der Waals surface area (Å²) in [5.41, 5.74) is 2.26. The number of nitrogens with zero attached hydrogens (tertiary/aromatic N) is 2. The lowest BCUT2D eigenvalue weighted by molar-refractivity contribution is -0.138. The van der Waals surface area contributed by atoms with Gasteiger partial charge in [0.05, 0.1) is 6.54 Å². The highest BCUT2D eigenvalue weighted by Crippen LogP contribution is 2.05. The lowest BCUT2D eigenvalue weighted by Gasteiger charge is -2.33. The van der Waals surface area contributed by atoms with Crippen LogP contribution in [0, 0.1) is 6.92 Å². The number of rotatable bonds is 4. The number of aryl methyl sites for hydroxylation is 1. The Bertz CT molecular complexity index is 493. The zero-order valence-corrected chi connectivity index (χ0v) is 12.2. The maximum Gasteiger partial charge on any atom is 0.317 e. The first-order chi connectivity index (χ1) is 10.0. The third-order valence-electron chi connectivity index (χ3n) is 3.58. The Morgan fingerprint density at radius 3 is 2.33 bits per heavy atom. The topological polar surface area (TPSA) is 72.9 Å². The number of carboxylic acid groups (broad SMARTS) is 1. The summed E-state index contributed by atoms with van der Waals surface area (Å²) in [6.45, 7) is 4.90. The van der Waals surface area contributed by atoms with E-state index in [-0.39, 0.29) is 12.6 Å². The van der Waals surface area contributed by atoms with Gasteiger partial charge in [-0.1, -0.05) is 29.8 Å². The van der Waals surface area contributed by atoms with Crippen molar-refractivity contribution < 1.29 is 14.7 Å². The molecule has 0 aliphatic carbocycles. The van der Waals surface area contributed by atoms with Crippen LogP contribution < -0.4 is 5.32 Å². The molecule has 6 nitrogen and oxygen atoms in total. The molecule has 0 spiro atoms. The van der Waals surface area contributed by atoms with Gasteiger partial charge >= 0.3 is 12.0 Å². The summed E-state index contributed by atoms with van der Waals surface area (Å²) in [6.07, 6.45) is 0. The molecule has 1 fully saturated rings. The Morgan fingerprint density at radius 2 is 1.76 bits per heavy atom. The van der Waals surface area contributed by atoms with Crippen molar-refractivity contribution in [3.63, 3.8) is 0 Å². The molecule has 0 atom stereocenters. The molecule has 1 saturated heterocycles. The lowest BCUT2D eigenvalue weighted by atomic mass is 10.1. The highest BCUT2D eigenvalue weighted by atomic mass is 16.4. The smallest absolute Gasteiger partial charge is 0.317 e. The van der Waals surface area contributed by atoms with Gasteiger partial charge in [-0.2, -0.15) is 0 Å². The standard InChI is InChI=1S/C15H21N3O3/c1-12-2-4-13(5-3-12)10-16-15(21)18-8-6-17(7-9-18)11-14(19)20/h2-5H,6-11H2,1H3,(H,16,21)(H,19,20). The van der Waals surface area contributed by atoms with E-state index in [1.54, 1.807) is 4.90 Å². The van der Waals surface area contributed by atoms with Crippen molar-refractivity contribution in [3.8, 4) is 0 Å². The molecular formula is C15H21N3O3. The number of carbonyl (C=O) groups excluding carboxylic acids is 1. The fraction of sp³-hybridized carbons (Fsp3) is 0.467. The molecule has 1 aliphatic heterocycles. The second-order valence-corrected chi connectivity index (χ2v) is 5.30.